The van der Waals surface area contributed by atoms with Crippen LogP contribution in [0, 0.1) is 0 Å². The Morgan fingerprint density at radius 2 is 1.38 bits per heavy atom. The molecule has 0 bridgehead atoms. The number of nitrogens with zero attached hydrogens (tertiary/aromatic N) is 1. The van der Waals surface area contributed by atoms with Gasteiger partial charge in [-0.3, -0.25) is 4.99 Å². The van der Waals surface area contributed by atoms with Crippen LogP contribution in [0.2, 0.25) is 0 Å². The van der Waals surface area contributed by atoms with Crippen molar-refractivity contribution in [3.05, 3.63) is 170 Å². The summed E-state index contributed by atoms with van der Waals surface area (Å²) in [6.07, 6.45) is 23.1. The summed E-state index contributed by atoms with van der Waals surface area (Å²) < 4.78 is 12.4. The average Bonchev–Trinajstić information content (AvgIpc) is 2.84. The highest BCUT2D eigenvalue weighted by Gasteiger charge is 2.41. The molecular weight excluding hydrogens is 417 g/mol. The van der Waals surface area contributed by atoms with Crippen LogP contribution >= 0.6 is 0 Å². The van der Waals surface area contributed by atoms with Crippen molar-refractivity contribution >= 4 is 12.9 Å². The van der Waals surface area contributed by atoms with E-state index in [-0.39, 0.29) is 6.71 Å². The Labute approximate surface area is 204 Å². The van der Waals surface area contributed by atoms with Crippen LogP contribution in [0.25, 0.3) is 0 Å². The van der Waals surface area contributed by atoms with Crippen LogP contribution in [0.3, 0.4) is 0 Å². The number of rotatable bonds is 11. The maximum Gasteiger partial charge on any atom is 0.260 e. The second-order valence-corrected chi connectivity index (χ2v) is 7.20. The highest BCUT2D eigenvalue weighted by molar-refractivity contribution is 6.83. The molecule has 0 amide bonds. The first-order valence-corrected chi connectivity index (χ1v) is 10.7. The molecule has 0 aromatic heterocycles. The lowest BCUT2D eigenvalue weighted by atomic mass is 9.32. The predicted octanol–water partition coefficient (Wildman–Crippen LogP) is 7.56. The number of ether oxygens (including phenoxy) is 2. The molecule has 0 unspecified atom stereocenters. The predicted molar refractivity (Wildman–Crippen MR) is 148 cm³/mol. The van der Waals surface area contributed by atoms with E-state index >= 15 is 0 Å². The monoisotopic (exact) mass is 447 g/mol. The van der Waals surface area contributed by atoms with E-state index in [0.717, 1.165) is 27.7 Å². The van der Waals surface area contributed by atoms with Crippen LogP contribution in [-0.2, 0) is 9.47 Å². The lowest BCUT2D eigenvalue weighted by Gasteiger charge is -2.34. The van der Waals surface area contributed by atoms with E-state index in [1.54, 1.807) is 42.7 Å². The van der Waals surface area contributed by atoms with Gasteiger partial charge in [-0.05, 0) is 47.7 Å². The minimum absolute atomic E-state index is 0.231. The fourth-order valence-corrected chi connectivity index (χ4v) is 3.60. The summed E-state index contributed by atoms with van der Waals surface area (Å²) >= 11 is 0. The standard InChI is InChI=1S/C30H30BNO2/c1-9-15-18-24-27(13-5)33-23(8)30-29(21-22(7)26(17-11-3)32-20-12-4)34-28(14-6)25(31(24)30)19-16-10-2/h9-21H,1-6,8H2,7H3/b18-15-,19-16-,22-21+,26-17-,32-20-. The zero-order valence-corrected chi connectivity index (χ0v) is 19.8. The molecule has 0 aromatic carbocycles. The normalized spacial score (nSPS) is 17.2. The number of aliphatic imine (C=N–C) groups is 1. The molecular formula is C30H30BNO2. The van der Waals surface area contributed by atoms with Gasteiger partial charge in [0.1, 0.15) is 23.0 Å². The van der Waals surface area contributed by atoms with Crippen LogP contribution in [0.4, 0.5) is 0 Å². The average molecular weight is 447 g/mol. The second-order valence-electron chi connectivity index (χ2n) is 7.20. The lowest BCUT2D eigenvalue weighted by Crippen LogP contribution is -2.34. The molecule has 0 atom stereocenters. The first kappa shape index (κ1) is 26.0. The van der Waals surface area contributed by atoms with Crippen molar-refractivity contribution in [3.8, 4) is 0 Å². The van der Waals surface area contributed by atoms with Gasteiger partial charge in [0.15, 0.2) is 0 Å². The molecule has 0 fully saturated rings. The van der Waals surface area contributed by atoms with Gasteiger partial charge in [-0.2, -0.15) is 0 Å². The van der Waals surface area contributed by atoms with Gasteiger partial charge in [0, 0.05) is 11.7 Å². The molecule has 0 radical (unpaired) electrons. The zero-order valence-electron chi connectivity index (χ0n) is 19.8. The molecule has 2 aliphatic heterocycles. The van der Waals surface area contributed by atoms with Crippen molar-refractivity contribution in [2.45, 2.75) is 6.92 Å². The van der Waals surface area contributed by atoms with E-state index in [0.29, 0.717) is 23.0 Å². The molecule has 3 nitrogen and oxygen atoms in total. The third-order valence-corrected chi connectivity index (χ3v) is 5.04. The number of hydrogen-bond acceptors (Lipinski definition) is 3. The molecule has 2 rings (SSSR count). The van der Waals surface area contributed by atoms with Crippen LogP contribution in [0.1, 0.15) is 6.92 Å². The molecule has 2 aliphatic rings. The Hall–Kier alpha value is -4.31. The van der Waals surface area contributed by atoms with E-state index in [9.17, 15) is 0 Å². The van der Waals surface area contributed by atoms with Crippen molar-refractivity contribution in [3.63, 3.8) is 0 Å². The molecule has 170 valence electrons. The first-order valence-electron chi connectivity index (χ1n) is 10.7. The van der Waals surface area contributed by atoms with E-state index in [4.69, 9.17) is 9.47 Å². The summed E-state index contributed by atoms with van der Waals surface area (Å²) in [5.41, 5.74) is 4.19. The van der Waals surface area contributed by atoms with Gasteiger partial charge in [0.2, 0.25) is 0 Å². The smallest absolute Gasteiger partial charge is 0.260 e. The minimum Gasteiger partial charge on any atom is -0.459 e. The summed E-state index contributed by atoms with van der Waals surface area (Å²) in [4.78, 5) is 4.44. The van der Waals surface area contributed by atoms with Crippen molar-refractivity contribution < 1.29 is 9.47 Å². The van der Waals surface area contributed by atoms with Gasteiger partial charge in [-0.25, -0.2) is 0 Å². The van der Waals surface area contributed by atoms with Crippen molar-refractivity contribution in [2.24, 2.45) is 4.99 Å². The molecule has 34 heavy (non-hydrogen) atoms. The summed E-state index contributed by atoms with van der Waals surface area (Å²) in [5.74, 6) is 2.31. The molecule has 0 saturated carbocycles. The Morgan fingerprint density at radius 3 is 1.88 bits per heavy atom. The molecule has 2 heterocycles. The quantitative estimate of drug-likeness (QED) is 0.186. The van der Waals surface area contributed by atoms with E-state index in [1.807, 2.05) is 43.4 Å². The van der Waals surface area contributed by atoms with E-state index in [1.165, 1.54) is 0 Å². The second kappa shape index (κ2) is 12.7. The van der Waals surface area contributed by atoms with Crippen LogP contribution < -0.4 is 0 Å². The van der Waals surface area contributed by atoms with Gasteiger partial charge < -0.3 is 9.47 Å². The fraction of sp³-hybridized carbons (Fsp3) is 0.0333. The maximum absolute atomic E-state index is 6.33. The zero-order chi connectivity index (χ0) is 25.1. The SMILES string of the molecule is C=C/C=C\C1=C(C=C)OC(=C)C2=C(/C=C(C)/C(=C/C=C)/N=C\C=C)OC(C=C)=C(/C=C\C=C)B12. The highest BCUT2D eigenvalue weighted by atomic mass is 16.5. The maximum atomic E-state index is 6.33. The summed E-state index contributed by atoms with van der Waals surface area (Å²) in [7, 11) is 0. The van der Waals surface area contributed by atoms with Gasteiger partial charge in [0.05, 0.1) is 5.70 Å². The molecule has 0 saturated heterocycles. The molecule has 0 spiro atoms. The van der Waals surface area contributed by atoms with Gasteiger partial charge in [-0.1, -0.05) is 94.7 Å². The van der Waals surface area contributed by atoms with Crippen LogP contribution in [0.15, 0.2) is 175 Å². The van der Waals surface area contributed by atoms with E-state index in [2.05, 4.69) is 51.0 Å². The summed E-state index contributed by atoms with van der Waals surface area (Å²) in [6.45, 7) is 28.9. The van der Waals surface area contributed by atoms with Crippen LogP contribution in [-0.4, -0.2) is 12.9 Å². The third kappa shape index (κ3) is 5.73. The molecule has 4 heteroatoms. The first-order chi connectivity index (χ1) is 16.5. The van der Waals surface area contributed by atoms with Crippen molar-refractivity contribution in [1.29, 1.82) is 0 Å². The topological polar surface area (TPSA) is 30.8 Å². The summed E-state index contributed by atoms with van der Waals surface area (Å²) in [5, 5.41) is 0. The fourth-order valence-electron chi connectivity index (χ4n) is 3.60. The third-order valence-electron chi connectivity index (χ3n) is 5.04. The van der Waals surface area contributed by atoms with Gasteiger partial charge in [0.25, 0.3) is 6.71 Å². The van der Waals surface area contributed by atoms with Gasteiger partial charge in [-0.15, -0.1) is 0 Å². The van der Waals surface area contributed by atoms with Gasteiger partial charge >= 0.3 is 0 Å². The largest absolute Gasteiger partial charge is 0.459 e. The Balaban J connectivity index is 2.88. The number of allylic oxidation sites excluding steroid dienone is 16. The Bertz CT molecular complexity index is 1180. The summed E-state index contributed by atoms with van der Waals surface area (Å²) in [6, 6.07) is 0. The highest BCUT2D eigenvalue weighted by Crippen LogP contribution is 2.42. The molecule has 0 aromatic rings. The molecule has 0 N–H and O–H groups in total. The van der Waals surface area contributed by atoms with Crippen LogP contribution in [0.5, 0.6) is 0 Å². The molecule has 0 aliphatic carbocycles. The Morgan fingerprint density at radius 1 is 0.794 bits per heavy atom. The lowest BCUT2D eigenvalue weighted by molar-refractivity contribution is 0.302. The van der Waals surface area contributed by atoms with Crippen molar-refractivity contribution in [2.75, 3.05) is 0 Å². The number of fused-ring (bicyclic) bond motifs is 1. The van der Waals surface area contributed by atoms with Crippen molar-refractivity contribution in [1.82, 2.24) is 0 Å². The minimum atomic E-state index is -0.231. The number of hydrogen-bond donors (Lipinski definition) is 0. The Kier molecular flexibility index (Phi) is 9.66. The van der Waals surface area contributed by atoms with E-state index < -0.39 is 0 Å².